The van der Waals surface area contributed by atoms with Crippen LogP contribution in [0.5, 0.6) is 0 Å². The van der Waals surface area contributed by atoms with Gasteiger partial charge in [0.05, 0.1) is 11.8 Å². The Morgan fingerprint density at radius 2 is 2.23 bits per heavy atom. The fourth-order valence-corrected chi connectivity index (χ4v) is 1.02. The number of aryl methyl sites for hydroxylation is 1. The van der Waals surface area contributed by atoms with Crippen LogP contribution in [0.4, 0.5) is 11.8 Å². The number of nitrogen functional groups attached to an aromatic ring is 2. The molecule has 2 aromatic rings. The zero-order valence-electron chi connectivity index (χ0n) is 7.02. The van der Waals surface area contributed by atoms with E-state index in [2.05, 4.69) is 20.3 Å². The van der Waals surface area contributed by atoms with E-state index in [4.69, 9.17) is 11.5 Å². The SMILES string of the molecule is Cn1ncc(-c2nc(N)n[nH]2)c1N. The Bertz CT molecular complexity index is 426. The van der Waals surface area contributed by atoms with E-state index in [9.17, 15) is 0 Å². The number of hydrogen-bond donors (Lipinski definition) is 3. The zero-order chi connectivity index (χ0) is 9.42. The lowest BCUT2D eigenvalue weighted by Crippen LogP contribution is -1.98. The number of aromatic nitrogens is 5. The van der Waals surface area contributed by atoms with E-state index in [-0.39, 0.29) is 5.95 Å². The predicted molar refractivity (Wildman–Crippen MR) is 47.4 cm³/mol. The summed E-state index contributed by atoms with van der Waals surface area (Å²) in [4.78, 5) is 3.93. The molecular formula is C6H9N7. The van der Waals surface area contributed by atoms with E-state index >= 15 is 0 Å². The van der Waals surface area contributed by atoms with Crippen LogP contribution in [0.1, 0.15) is 0 Å². The Morgan fingerprint density at radius 3 is 2.69 bits per heavy atom. The summed E-state index contributed by atoms with van der Waals surface area (Å²) in [7, 11) is 1.75. The highest BCUT2D eigenvalue weighted by atomic mass is 15.3. The summed E-state index contributed by atoms with van der Waals surface area (Å²) in [5.41, 5.74) is 11.8. The molecule has 0 bridgehead atoms. The second-order valence-corrected chi connectivity index (χ2v) is 2.61. The molecule has 0 saturated heterocycles. The number of hydrogen-bond acceptors (Lipinski definition) is 5. The van der Waals surface area contributed by atoms with Crippen LogP contribution in [0.3, 0.4) is 0 Å². The predicted octanol–water partition coefficient (Wildman–Crippen LogP) is -0.630. The molecular weight excluding hydrogens is 170 g/mol. The van der Waals surface area contributed by atoms with Crippen LogP contribution in [0.2, 0.25) is 0 Å². The summed E-state index contributed by atoms with van der Waals surface area (Å²) in [6.45, 7) is 0. The number of H-pyrrole nitrogens is 1. The first-order chi connectivity index (χ1) is 6.18. The second-order valence-electron chi connectivity index (χ2n) is 2.61. The van der Waals surface area contributed by atoms with Crippen LogP contribution in [-0.4, -0.2) is 25.0 Å². The van der Waals surface area contributed by atoms with Gasteiger partial charge < -0.3 is 11.5 Å². The quantitative estimate of drug-likeness (QED) is 0.539. The van der Waals surface area contributed by atoms with E-state index in [0.29, 0.717) is 17.2 Å². The molecule has 0 aliphatic rings. The number of rotatable bonds is 1. The fourth-order valence-electron chi connectivity index (χ4n) is 1.02. The third-order valence-corrected chi connectivity index (χ3v) is 1.74. The average Bonchev–Trinajstić information content (AvgIpc) is 2.62. The van der Waals surface area contributed by atoms with Gasteiger partial charge in [0.25, 0.3) is 0 Å². The summed E-state index contributed by atoms with van der Waals surface area (Å²) >= 11 is 0. The van der Waals surface area contributed by atoms with Gasteiger partial charge >= 0.3 is 0 Å². The van der Waals surface area contributed by atoms with E-state index in [0.717, 1.165) is 0 Å². The van der Waals surface area contributed by atoms with Crippen molar-refractivity contribution in [3.63, 3.8) is 0 Å². The number of nitrogens with one attached hydrogen (secondary N) is 1. The summed E-state index contributed by atoms with van der Waals surface area (Å²) in [6.07, 6.45) is 1.61. The van der Waals surface area contributed by atoms with Gasteiger partial charge in [-0.15, -0.1) is 5.10 Å². The second kappa shape index (κ2) is 2.47. The summed E-state index contributed by atoms with van der Waals surface area (Å²) in [6, 6.07) is 0. The molecule has 0 aliphatic heterocycles. The van der Waals surface area contributed by atoms with Gasteiger partial charge in [0, 0.05) is 7.05 Å². The third kappa shape index (κ3) is 1.10. The maximum Gasteiger partial charge on any atom is 0.239 e. The molecule has 5 N–H and O–H groups in total. The Labute approximate surface area is 73.8 Å². The number of anilines is 2. The number of nitrogens with two attached hydrogens (primary N) is 2. The highest BCUT2D eigenvalue weighted by Gasteiger charge is 2.10. The van der Waals surface area contributed by atoms with Crippen molar-refractivity contribution in [2.75, 3.05) is 11.5 Å². The van der Waals surface area contributed by atoms with E-state index in [1.165, 1.54) is 0 Å². The lowest BCUT2D eigenvalue weighted by Gasteiger charge is -1.94. The van der Waals surface area contributed by atoms with Gasteiger partial charge in [0.2, 0.25) is 5.95 Å². The lowest BCUT2D eigenvalue weighted by molar-refractivity contribution is 0.779. The molecule has 2 rings (SSSR count). The minimum Gasteiger partial charge on any atom is -0.383 e. The van der Waals surface area contributed by atoms with Crippen LogP contribution in [0, 0.1) is 0 Å². The molecule has 0 spiro atoms. The number of aromatic amines is 1. The molecule has 2 aromatic heterocycles. The maximum atomic E-state index is 5.72. The first-order valence-corrected chi connectivity index (χ1v) is 3.64. The van der Waals surface area contributed by atoms with Crippen LogP contribution in [0.25, 0.3) is 11.4 Å². The van der Waals surface area contributed by atoms with Crippen LogP contribution in [0.15, 0.2) is 6.20 Å². The van der Waals surface area contributed by atoms with E-state index in [1.807, 2.05) is 0 Å². The van der Waals surface area contributed by atoms with Gasteiger partial charge in [0.15, 0.2) is 5.82 Å². The molecule has 2 heterocycles. The van der Waals surface area contributed by atoms with Gasteiger partial charge in [-0.3, -0.25) is 9.78 Å². The van der Waals surface area contributed by atoms with E-state index in [1.54, 1.807) is 17.9 Å². The van der Waals surface area contributed by atoms with Crippen LogP contribution < -0.4 is 11.5 Å². The van der Waals surface area contributed by atoms with Crippen molar-refractivity contribution in [1.82, 2.24) is 25.0 Å². The Balaban J connectivity index is 2.52. The van der Waals surface area contributed by atoms with Gasteiger partial charge in [0.1, 0.15) is 5.82 Å². The van der Waals surface area contributed by atoms with Crippen molar-refractivity contribution in [2.24, 2.45) is 7.05 Å². The summed E-state index contributed by atoms with van der Waals surface area (Å²) in [5.74, 6) is 1.25. The Hall–Kier alpha value is -2.05. The summed E-state index contributed by atoms with van der Waals surface area (Å²) in [5, 5.41) is 10.3. The topological polar surface area (TPSA) is 111 Å². The van der Waals surface area contributed by atoms with Crippen molar-refractivity contribution in [3.8, 4) is 11.4 Å². The van der Waals surface area contributed by atoms with Gasteiger partial charge in [-0.05, 0) is 0 Å². The van der Waals surface area contributed by atoms with Crippen molar-refractivity contribution in [2.45, 2.75) is 0 Å². The molecule has 7 heteroatoms. The molecule has 0 unspecified atom stereocenters. The smallest absolute Gasteiger partial charge is 0.239 e. The molecule has 0 aliphatic carbocycles. The molecule has 7 nitrogen and oxygen atoms in total. The third-order valence-electron chi connectivity index (χ3n) is 1.74. The zero-order valence-corrected chi connectivity index (χ0v) is 7.02. The standard InChI is InChI=1S/C6H9N7/c1-13-4(7)3(2-9-13)5-10-6(8)12-11-5/h2H,7H2,1H3,(H3,8,10,11,12). The highest BCUT2D eigenvalue weighted by molar-refractivity contribution is 5.67. The molecule has 0 saturated carbocycles. The molecule has 0 amide bonds. The molecule has 68 valence electrons. The Morgan fingerprint density at radius 1 is 1.46 bits per heavy atom. The maximum absolute atomic E-state index is 5.72. The molecule has 0 fully saturated rings. The lowest BCUT2D eigenvalue weighted by atomic mass is 10.3. The van der Waals surface area contributed by atoms with Crippen molar-refractivity contribution in [3.05, 3.63) is 6.20 Å². The Kier molecular flexibility index (Phi) is 1.44. The highest BCUT2D eigenvalue weighted by Crippen LogP contribution is 2.20. The van der Waals surface area contributed by atoms with Crippen LogP contribution in [-0.2, 0) is 7.05 Å². The average molecular weight is 179 g/mol. The van der Waals surface area contributed by atoms with Crippen molar-refractivity contribution in [1.29, 1.82) is 0 Å². The minimum atomic E-state index is 0.193. The normalized spacial score (nSPS) is 10.5. The van der Waals surface area contributed by atoms with Gasteiger partial charge in [-0.2, -0.15) is 10.1 Å². The molecule has 0 atom stereocenters. The summed E-state index contributed by atoms with van der Waals surface area (Å²) < 4.78 is 1.55. The molecule has 13 heavy (non-hydrogen) atoms. The van der Waals surface area contributed by atoms with Gasteiger partial charge in [-0.1, -0.05) is 0 Å². The minimum absolute atomic E-state index is 0.193. The number of nitrogens with zero attached hydrogens (tertiary/aromatic N) is 4. The first kappa shape index (κ1) is 7.59. The molecule has 0 radical (unpaired) electrons. The van der Waals surface area contributed by atoms with Gasteiger partial charge in [-0.25, -0.2) is 0 Å². The molecule has 0 aromatic carbocycles. The van der Waals surface area contributed by atoms with Crippen molar-refractivity contribution >= 4 is 11.8 Å². The first-order valence-electron chi connectivity index (χ1n) is 3.64. The van der Waals surface area contributed by atoms with E-state index < -0.39 is 0 Å². The van der Waals surface area contributed by atoms with Crippen LogP contribution >= 0.6 is 0 Å². The monoisotopic (exact) mass is 179 g/mol. The van der Waals surface area contributed by atoms with Crippen molar-refractivity contribution < 1.29 is 0 Å². The fraction of sp³-hybridized carbons (Fsp3) is 0.167. The largest absolute Gasteiger partial charge is 0.383 e.